The third kappa shape index (κ3) is 4.94. The number of aromatic nitrogens is 1. The lowest BCUT2D eigenvalue weighted by molar-refractivity contribution is 0.0598. The van der Waals surface area contributed by atoms with Crippen molar-refractivity contribution in [1.29, 1.82) is 0 Å². The van der Waals surface area contributed by atoms with Gasteiger partial charge in [0.1, 0.15) is 5.75 Å². The van der Waals surface area contributed by atoms with Crippen molar-refractivity contribution in [3.63, 3.8) is 0 Å². The standard InChI is InChI=1S/C22H29NO4/c1-6-8-19(16(3)27-7-2)21-20(22(24)26-5)13-14-23(21)15-17-9-11-18(25-4)12-10-17/h9-14,19H,3,6-8,15H2,1-2,4-5H3. The molecular weight excluding hydrogens is 342 g/mol. The second kappa shape index (κ2) is 9.86. The molecule has 0 amide bonds. The number of ether oxygens (including phenoxy) is 3. The first kappa shape index (κ1) is 20.6. The van der Waals surface area contributed by atoms with E-state index in [1.807, 2.05) is 43.5 Å². The molecule has 0 bridgehead atoms. The maximum Gasteiger partial charge on any atom is 0.339 e. The van der Waals surface area contributed by atoms with Gasteiger partial charge in [0.05, 0.1) is 38.1 Å². The monoisotopic (exact) mass is 371 g/mol. The number of hydrogen-bond acceptors (Lipinski definition) is 4. The summed E-state index contributed by atoms with van der Waals surface area (Å²) in [4.78, 5) is 12.4. The van der Waals surface area contributed by atoms with E-state index >= 15 is 0 Å². The molecule has 0 spiro atoms. The number of rotatable bonds is 10. The summed E-state index contributed by atoms with van der Waals surface area (Å²) in [5.41, 5.74) is 2.56. The van der Waals surface area contributed by atoms with Gasteiger partial charge in [0.2, 0.25) is 0 Å². The van der Waals surface area contributed by atoms with Crippen molar-refractivity contribution in [2.24, 2.45) is 0 Å². The predicted molar refractivity (Wildman–Crippen MR) is 106 cm³/mol. The molecule has 0 aliphatic carbocycles. The molecule has 5 heteroatoms. The fourth-order valence-electron chi connectivity index (χ4n) is 3.25. The molecule has 0 N–H and O–H groups in total. The first-order chi connectivity index (χ1) is 13.0. The van der Waals surface area contributed by atoms with Crippen LogP contribution in [0.1, 0.15) is 54.2 Å². The molecule has 2 aromatic rings. The van der Waals surface area contributed by atoms with Gasteiger partial charge in [-0.2, -0.15) is 0 Å². The molecule has 27 heavy (non-hydrogen) atoms. The van der Waals surface area contributed by atoms with Crippen molar-refractivity contribution in [2.45, 2.75) is 39.2 Å². The van der Waals surface area contributed by atoms with E-state index in [0.717, 1.165) is 29.8 Å². The van der Waals surface area contributed by atoms with Gasteiger partial charge in [-0.05, 0) is 37.1 Å². The predicted octanol–water partition coefficient (Wildman–Crippen LogP) is 4.77. The zero-order valence-corrected chi connectivity index (χ0v) is 16.7. The number of allylic oxidation sites excluding steroid dienone is 1. The van der Waals surface area contributed by atoms with E-state index in [1.54, 1.807) is 7.11 Å². The fraction of sp³-hybridized carbons (Fsp3) is 0.409. The molecule has 1 aromatic heterocycles. The molecule has 0 saturated heterocycles. The average molecular weight is 371 g/mol. The van der Waals surface area contributed by atoms with Crippen LogP contribution in [0.4, 0.5) is 0 Å². The van der Waals surface area contributed by atoms with Gasteiger partial charge < -0.3 is 18.8 Å². The summed E-state index contributed by atoms with van der Waals surface area (Å²) in [5.74, 6) is 1.08. The molecule has 1 aromatic carbocycles. The van der Waals surface area contributed by atoms with E-state index in [2.05, 4.69) is 18.1 Å². The molecule has 0 aliphatic rings. The minimum Gasteiger partial charge on any atom is -0.498 e. The molecule has 146 valence electrons. The first-order valence-electron chi connectivity index (χ1n) is 9.27. The molecular formula is C22H29NO4. The highest BCUT2D eigenvalue weighted by molar-refractivity contribution is 5.91. The largest absolute Gasteiger partial charge is 0.498 e. The van der Waals surface area contributed by atoms with E-state index in [-0.39, 0.29) is 11.9 Å². The van der Waals surface area contributed by atoms with E-state index in [1.165, 1.54) is 7.11 Å². The van der Waals surface area contributed by atoms with Gasteiger partial charge in [-0.1, -0.05) is 32.1 Å². The Bertz CT molecular complexity index is 761. The number of nitrogens with zero attached hydrogens (tertiary/aromatic N) is 1. The molecule has 0 aliphatic heterocycles. The number of carbonyl (C=O) groups is 1. The molecule has 1 heterocycles. The van der Waals surface area contributed by atoms with Crippen LogP contribution in [0.5, 0.6) is 5.75 Å². The van der Waals surface area contributed by atoms with Gasteiger partial charge >= 0.3 is 5.97 Å². The van der Waals surface area contributed by atoms with Crippen LogP contribution in [-0.2, 0) is 16.0 Å². The van der Waals surface area contributed by atoms with E-state index < -0.39 is 0 Å². The van der Waals surface area contributed by atoms with Gasteiger partial charge in [-0.15, -0.1) is 0 Å². The van der Waals surface area contributed by atoms with Gasteiger partial charge in [0.15, 0.2) is 0 Å². The van der Waals surface area contributed by atoms with Crippen molar-refractivity contribution in [3.8, 4) is 5.75 Å². The zero-order valence-electron chi connectivity index (χ0n) is 16.7. The summed E-state index contributed by atoms with van der Waals surface area (Å²) in [6, 6.07) is 9.72. The summed E-state index contributed by atoms with van der Waals surface area (Å²) in [6.45, 7) is 9.34. The van der Waals surface area contributed by atoms with Crippen molar-refractivity contribution in [2.75, 3.05) is 20.8 Å². The summed E-state index contributed by atoms with van der Waals surface area (Å²) >= 11 is 0. The highest BCUT2D eigenvalue weighted by atomic mass is 16.5. The molecule has 0 fully saturated rings. The van der Waals surface area contributed by atoms with Crippen molar-refractivity contribution in [1.82, 2.24) is 4.57 Å². The second-order valence-electron chi connectivity index (χ2n) is 6.32. The maximum atomic E-state index is 12.4. The fourth-order valence-corrected chi connectivity index (χ4v) is 3.25. The third-order valence-corrected chi connectivity index (χ3v) is 4.55. The number of methoxy groups -OCH3 is 2. The lowest BCUT2D eigenvalue weighted by Gasteiger charge is -2.23. The van der Waals surface area contributed by atoms with Crippen LogP contribution in [-0.4, -0.2) is 31.4 Å². The lowest BCUT2D eigenvalue weighted by Crippen LogP contribution is -2.16. The van der Waals surface area contributed by atoms with Crippen LogP contribution in [0.15, 0.2) is 48.9 Å². The van der Waals surface area contributed by atoms with Gasteiger partial charge in [0.25, 0.3) is 0 Å². The average Bonchev–Trinajstić information content (AvgIpc) is 3.09. The quantitative estimate of drug-likeness (QED) is 0.446. The Morgan fingerprint density at radius 3 is 2.41 bits per heavy atom. The Morgan fingerprint density at radius 1 is 1.15 bits per heavy atom. The Kier molecular flexibility index (Phi) is 7.53. The van der Waals surface area contributed by atoms with Crippen LogP contribution in [0.2, 0.25) is 0 Å². The number of hydrogen-bond donors (Lipinski definition) is 0. The Balaban J connectivity index is 2.45. The lowest BCUT2D eigenvalue weighted by atomic mass is 9.94. The van der Waals surface area contributed by atoms with E-state index in [0.29, 0.717) is 24.5 Å². The van der Waals surface area contributed by atoms with Crippen LogP contribution in [0.3, 0.4) is 0 Å². The van der Waals surface area contributed by atoms with Crippen molar-refractivity contribution >= 4 is 5.97 Å². The number of carbonyl (C=O) groups excluding carboxylic acids is 1. The van der Waals surface area contributed by atoms with Gasteiger partial charge in [-0.25, -0.2) is 4.79 Å². The minimum absolute atomic E-state index is 0.0719. The third-order valence-electron chi connectivity index (χ3n) is 4.55. The van der Waals surface area contributed by atoms with Crippen molar-refractivity contribution < 1.29 is 19.0 Å². The van der Waals surface area contributed by atoms with Gasteiger partial charge in [0, 0.05) is 18.4 Å². The zero-order chi connectivity index (χ0) is 19.8. The molecule has 0 saturated carbocycles. The van der Waals surface area contributed by atoms with Crippen LogP contribution >= 0.6 is 0 Å². The maximum absolute atomic E-state index is 12.4. The second-order valence-corrected chi connectivity index (χ2v) is 6.32. The Labute approximate surface area is 161 Å². The molecule has 0 radical (unpaired) electrons. The summed E-state index contributed by atoms with van der Waals surface area (Å²) in [7, 11) is 3.05. The first-order valence-corrected chi connectivity index (χ1v) is 9.27. The highest BCUT2D eigenvalue weighted by Crippen LogP contribution is 2.33. The summed E-state index contributed by atoms with van der Waals surface area (Å²) in [6.07, 6.45) is 3.72. The van der Waals surface area contributed by atoms with Crippen LogP contribution in [0.25, 0.3) is 0 Å². The number of benzene rings is 1. The minimum atomic E-state index is -0.344. The van der Waals surface area contributed by atoms with Crippen LogP contribution < -0.4 is 4.74 Å². The smallest absolute Gasteiger partial charge is 0.339 e. The highest BCUT2D eigenvalue weighted by Gasteiger charge is 2.26. The van der Waals surface area contributed by atoms with Crippen LogP contribution in [0, 0.1) is 0 Å². The van der Waals surface area contributed by atoms with E-state index in [9.17, 15) is 4.79 Å². The summed E-state index contributed by atoms with van der Waals surface area (Å²) in [5, 5.41) is 0. The molecule has 2 rings (SSSR count). The topological polar surface area (TPSA) is 49.7 Å². The SMILES string of the molecule is C=C(OCC)C(CCC)c1c(C(=O)OC)ccn1Cc1ccc(OC)cc1. The van der Waals surface area contributed by atoms with E-state index in [4.69, 9.17) is 14.2 Å². The molecule has 1 unspecified atom stereocenters. The number of esters is 1. The van der Waals surface area contributed by atoms with Gasteiger partial charge in [-0.3, -0.25) is 0 Å². The Morgan fingerprint density at radius 2 is 1.85 bits per heavy atom. The molecule has 5 nitrogen and oxygen atoms in total. The Hall–Kier alpha value is -2.69. The van der Waals surface area contributed by atoms with Crippen molar-refractivity contribution in [3.05, 3.63) is 65.7 Å². The normalized spacial score (nSPS) is 11.7. The summed E-state index contributed by atoms with van der Waals surface area (Å²) < 4.78 is 18.0. The molecule has 1 atom stereocenters.